The Morgan fingerprint density at radius 1 is 1.24 bits per heavy atom. The first-order chi connectivity index (χ1) is 10.2. The number of Topliss-reactive ketones (excluding diaryl/α,β-unsaturated/α-hetero) is 1. The van der Waals surface area contributed by atoms with Crippen LogP contribution in [0.3, 0.4) is 0 Å². The highest BCUT2D eigenvalue weighted by atomic mass is 16.1. The predicted molar refractivity (Wildman–Crippen MR) is 85.2 cm³/mol. The Bertz CT molecular complexity index is 636. The molecule has 0 amide bonds. The van der Waals surface area contributed by atoms with E-state index in [1.807, 2.05) is 16.8 Å². The van der Waals surface area contributed by atoms with Crippen LogP contribution in [0.25, 0.3) is 10.9 Å². The third kappa shape index (κ3) is 2.87. The van der Waals surface area contributed by atoms with Crippen LogP contribution in [0, 0.1) is 11.8 Å². The molecular formula is C18H24N2O. The number of hydrogen-bond donors (Lipinski definition) is 0. The van der Waals surface area contributed by atoms with E-state index in [2.05, 4.69) is 31.1 Å². The summed E-state index contributed by atoms with van der Waals surface area (Å²) in [7, 11) is 0. The fourth-order valence-electron chi connectivity index (χ4n) is 3.46. The minimum Gasteiger partial charge on any atom is -0.299 e. The summed E-state index contributed by atoms with van der Waals surface area (Å²) in [6.07, 6.45) is 5.01. The normalized spacial score (nSPS) is 22.6. The minimum atomic E-state index is 0.256. The Labute approximate surface area is 126 Å². The van der Waals surface area contributed by atoms with Gasteiger partial charge in [-0.3, -0.25) is 9.48 Å². The highest BCUT2D eigenvalue weighted by Gasteiger charge is 2.25. The first-order valence-corrected chi connectivity index (χ1v) is 8.16. The lowest BCUT2D eigenvalue weighted by Crippen LogP contribution is -2.22. The van der Waals surface area contributed by atoms with Gasteiger partial charge in [-0.1, -0.05) is 38.0 Å². The monoisotopic (exact) mass is 284 g/mol. The molecule has 3 rings (SSSR count). The summed E-state index contributed by atoms with van der Waals surface area (Å²) in [6.45, 7) is 5.22. The lowest BCUT2D eigenvalue weighted by Gasteiger charge is -2.24. The number of fused-ring (bicyclic) bond motifs is 1. The molecule has 3 heteroatoms. The summed E-state index contributed by atoms with van der Waals surface area (Å²) in [6, 6.07) is 8.23. The fraction of sp³-hybridized carbons (Fsp3) is 0.556. The molecule has 0 unspecified atom stereocenters. The highest BCUT2D eigenvalue weighted by Crippen LogP contribution is 2.30. The number of nitrogens with zero attached hydrogens (tertiary/aromatic N) is 2. The van der Waals surface area contributed by atoms with Crippen molar-refractivity contribution in [2.45, 2.75) is 52.5 Å². The summed E-state index contributed by atoms with van der Waals surface area (Å²) in [4.78, 5) is 12.6. The molecule has 0 N–H and O–H groups in total. The summed E-state index contributed by atoms with van der Waals surface area (Å²) in [5.41, 5.74) is 2.09. The fourth-order valence-corrected chi connectivity index (χ4v) is 3.46. The Morgan fingerprint density at radius 2 is 1.95 bits per heavy atom. The number of aryl methyl sites for hydroxylation is 1. The molecule has 21 heavy (non-hydrogen) atoms. The second-order valence-electron chi connectivity index (χ2n) is 6.38. The molecule has 1 saturated carbocycles. The lowest BCUT2D eigenvalue weighted by atomic mass is 9.80. The molecule has 0 aliphatic heterocycles. The third-order valence-electron chi connectivity index (χ3n) is 4.85. The van der Waals surface area contributed by atoms with Gasteiger partial charge in [0.15, 0.2) is 0 Å². The zero-order valence-electron chi connectivity index (χ0n) is 13.0. The number of carbonyl (C=O) groups is 1. The molecule has 2 aromatic rings. The van der Waals surface area contributed by atoms with Gasteiger partial charge in [0.05, 0.1) is 17.6 Å². The van der Waals surface area contributed by atoms with E-state index in [1.54, 1.807) is 0 Å². The summed E-state index contributed by atoms with van der Waals surface area (Å²) in [5.74, 6) is 1.43. The zero-order chi connectivity index (χ0) is 14.8. The number of rotatable bonds is 4. The van der Waals surface area contributed by atoms with Crippen LogP contribution >= 0.6 is 0 Å². The van der Waals surface area contributed by atoms with Crippen molar-refractivity contribution in [3.05, 3.63) is 30.0 Å². The maximum atomic E-state index is 12.6. The van der Waals surface area contributed by atoms with Gasteiger partial charge in [0.25, 0.3) is 0 Å². The third-order valence-corrected chi connectivity index (χ3v) is 4.85. The molecule has 3 nitrogen and oxygen atoms in total. The van der Waals surface area contributed by atoms with Gasteiger partial charge < -0.3 is 0 Å². The second-order valence-corrected chi connectivity index (χ2v) is 6.38. The maximum Gasteiger partial charge on any atom is 0.142 e. The van der Waals surface area contributed by atoms with Crippen molar-refractivity contribution in [3.63, 3.8) is 0 Å². The minimum absolute atomic E-state index is 0.256. The van der Waals surface area contributed by atoms with E-state index in [0.717, 1.165) is 41.9 Å². The number of carbonyl (C=O) groups excluding carboxylic acids is 1. The first kappa shape index (κ1) is 14.3. The van der Waals surface area contributed by atoms with Gasteiger partial charge >= 0.3 is 0 Å². The van der Waals surface area contributed by atoms with Crippen molar-refractivity contribution in [3.8, 4) is 0 Å². The van der Waals surface area contributed by atoms with E-state index in [-0.39, 0.29) is 5.92 Å². The first-order valence-electron chi connectivity index (χ1n) is 8.16. The number of hydrogen-bond acceptors (Lipinski definition) is 2. The molecule has 1 aliphatic carbocycles. The van der Waals surface area contributed by atoms with Crippen molar-refractivity contribution < 1.29 is 4.79 Å². The van der Waals surface area contributed by atoms with Gasteiger partial charge in [0, 0.05) is 17.8 Å². The maximum absolute atomic E-state index is 12.6. The van der Waals surface area contributed by atoms with Crippen LogP contribution in [-0.4, -0.2) is 15.6 Å². The highest BCUT2D eigenvalue weighted by molar-refractivity contribution is 5.89. The van der Waals surface area contributed by atoms with Gasteiger partial charge in [0.1, 0.15) is 5.78 Å². The molecule has 0 saturated heterocycles. The molecule has 1 aromatic carbocycles. The van der Waals surface area contributed by atoms with Gasteiger partial charge in [-0.25, -0.2) is 0 Å². The van der Waals surface area contributed by atoms with Crippen LogP contribution < -0.4 is 0 Å². The van der Waals surface area contributed by atoms with E-state index < -0.39 is 0 Å². The van der Waals surface area contributed by atoms with E-state index >= 15 is 0 Å². The van der Waals surface area contributed by atoms with Gasteiger partial charge in [-0.2, -0.15) is 5.10 Å². The number of ketones is 1. The second kappa shape index (κ2) is 6.00. The predicted octanol–water partition coefficient (Wildman–Crippen LogP) is 3.99. The van der Waals surface area contributed by atoms with Gasteiger partial charge in [-0.15, -0.1) is 0 Å². The van der Waals surface area contributed by atoms with Crippen LogP contribution in [0.4, 0.5) is 0 Å². The smallest absolute Gasteiger partial charge is 0.142 e. The van der Waals surface area contributed by atoms with Crippen LogP contribution in [0.15, 0.2) is 24.3 Å². The Morgan fingerprint density at radius 3 is 2.67 bits per heavy atom. The topological polar surface area (TPSA) is 34.9 Å². The molecule has 0 radical (unpaired) electrons. The number of aromatic nitrogens is 2. The lowest BCUT2D eigenvalue weighted by molar-refractivity contribution is -0.123. The standard InChI is InChI=1S/C18H24N2O/c1-3-20-17-7-5-4-6-15(17)16(19-20)12-18(21)14-10-8-13(2)9-11-14/h4-7,13-14H,3,8-12H2,1-2H3. The molecule has 0 atom stereocenters. The van der Waals surface area contributed by atoms with Crippen molar-refractivity contribution in [1.82, 2.24) is 9.78 Å². The van der Waals surface area contributed by atoms with E-state index in [4.69, 9.17) is 0 Å². The van der Waals surface area contributed by atoms with Gasteiger partial charge in [0.2, 0.25) is 0 Å². The molecule has 0 spiro atoms. The van der Waals surface area contributed by atoms with Crippen molar-refractivity contribution in [2.75, 3.05) is 0 Å². The van der Waals surface area contributed by atoms with Crippen LogP contribution in [0.5, 0.6) is 0 Å². The molecule has 0 bridgehead atoms. The number of benzene rings is 1. The molecule has 112 valence electrons. The van der Waals surface area contributed by atoms with Crippen molar-refractivity contribution in [2.24, 2.45) is 11.8 Å². The Kier molecular flexibility index (Phi) is 4.09. The van der Waals surface area contributed by atoms with E-state index in [9.17, 15) is 4.79 Å². The quantitative estimate of drug-likeness (QED) is 0.850. The molecule has 1 fully saturated rings. The van der Waals surface area contributed by atoms with Crippen LogP contribution in [-0.2, 0) is 17.8 Å². The largest absolute Gasteiger partial charge is 0.299 e. The van der Waals surface area contributed by atoms with Crippen LogP contribution in [0.1, 0.15) is 45.2 Å². The number of para-hydroxylation sites is 1. The van der Waals surface area contributed by atoms with Crippen LogP contribution in [0.2, 0.25) is 0 Å². The van der Waals surface area contributed by atoms with Crippen molar-refractivity contribution in [1.29, 1.82) is 0 Å². The SMILES string of the molecule is CCn1nc(CC(=O)C2CCC(C)CC2)c2ccccc21. The van der Waals surface area contributed by atoms with E-state index in [1.165, 1.54) is 12.8 Å². The average molecular weight is 284 g/mol. The summed E-state index contributed by atoms with van der Waals surface area (Å²) in [5, 5.41) is 5.79. The summed E-state index contributed by atoms with van der Waals surface area (Å²) >= 11 is 0. The van der Waals surface area contributed by atoms with Gasteiger partial charge in [-0.05, 0) is 31.7 Å². The average Bonchev–Trinajstić information content (AvgIpc) is 2.86. The molecule has 1 aliphatic rings. The molecular weight excluding hydrogens is 260 g/mol. The Balaban J connectivity index is 1.80. The summed E-state index contributed by atoms with van der Waals surface area (Å²) < 4.78 is 2.00. The molecule has 1 aromatic heterocycles. The molecule has 1 heterocycles. The Hall–Kier alpha value is -1.64. The van der Waals surface area contributed by atoms with Crippen molar-refractivity contribution >= 4 is 16.7 Å². The zero-order valence-corrected chi connectivity index (χ0v) is 13.0. The van der Waals surface area contributed by atoms with E-state index in [0.29, 0.717) is 12.2 Å².